The first-order chi connectivity index (χ1) is 5.79. The molecule has 70 valence electrons. The molecule has 0 saturated heterocycles. The molecule has 2 unspecified atom stereocenters. The minimum Gasteiger partial charge on any atom is -0.327 e. The molecule has 2 atom stereocenters. The summed E-state index contributed by atoms with van der Waals surface area (Å²) in [5, 5.41) is 0. The second-order valence-electron chi connectivity index (χ2n) is 3.91. The van der Waals surface area contributed by atoms with Crippen molar-refractivity contribution in [3.8, 4) is 0 Å². The Kier molecular flexibility index (Phi) is 3.80. The van der Waals surface area contributed by atoms with Crippen LogP contribution >= 0.6 is 0 Å². The molecule has 12 heavy (non-hydrogen) atoms. The summed E-state index contributed by atoms with van der Waals surface area (Å²) < 4.78 is 0. The first kappa shape index (κ1) is 9.79. The van der Waals surface area contributed by atoms with Crippen molar-refractivity contribution in [2.45, 2.75) is 39.5 Å². The monoisotopic (exact) mass is 167 g/mol. The third-order valence-corrected chi connectivity index (χ3v) is 3.17. The fourth-order valence-corrected chi connectivity index (χ4v) is 2.13. The summed E-state index contributed by atoms with van der Waals surface area (Å²) in [5.74, 6) is 1.61. The average molecular weight is 167 g/mol. The van der Waals surface area contributed by atoms with E-state index in [1.807, 2.05) is 0 Å². The second-order valence-corrected chi connectivity index (χ2v) is 3.91. The van der Waals surface area contributed by atoms with Gasteiger partial charge in [0.1, 0.15) is 0 Å². The molecule has 0 bridgehead atoms. The maximum absolute atomic E-state index is 5.72. The van der Waals surface area contributed by atoms with Gasteiger partial charge in [-0.2, -0.15) is 0 Å². The van der Waals surface area contributed by atoms with E-state index in [0.717, 1.165) is 18.4 Å². The van der Waals surface area contributed by atoms with Crippen molar-refractivity contribution >= 4 is 0 Å². The third kappa shape index (κ3) is 2.10. The minimum absolute atomic E-state index is 0.773. The number of nitrogens with two attached hydrogens (primary N) is 1. The van der Waals surface area contributed by atoms with E-state index < -0.39 is 0 Å². The molecule has 1 heteroatoms. The van der Waals surface area contributed by atoms with Gasteiger partial charge in [0.05, 0.1) is 0 Å². The Hall–Kier alpha value is -0.300. The molecule has 2 N–H and O–H groups in total. The standard InChI is InChI=1S/C11H21N/c1-3-9(2)11-7-5-4-6-10(11)8-12/h6,9,11H,3-5,7-8,12H2,1-2H3. The van der Waals surface area contributed by atoms with Crippen LogP contribution in [-0.2, 0) is 0 Å². The average Bonchev–Trinajstić information content (AvgIpc) is 2.16. The van der Waals surface area contributed by atoms with Crippen molar-refractivity contribution in [1.82, 2.24) is 0 Å². The zero-order valence-corrected chi connectivity index (χ0v) is 8.34. The summed E-state index contributed by atoms with van der Waals surface area (Å²) in [5.41, 5.74) is 7.23. The highest BCUT2D eigenvalue weighted by Gasteiger charge is 2.21. The van der Waals surface area contributed by atoms with Crippen molar-refractivity contribution in [2.24, 2.45) is 17.6 Å². The molecule has 0 aromatic heterocycles. The van der Waals surface area contributed by atoms with Crippen molar-refractivity contribution in [1.29, 1.82) is 0 Å². The number of rotatable bonds is 3. The highest BCUT2D eigenvalue weighted by atomic mass is 14.5. The number of hydrogen-bond acceptors (Lipinski definition) is 1. The lowest BCUT2D eigenvalue weighted by atomic mass is 9.78. The van der Waals surface area contributed by atoms with Gasteiger partial charge >= 0.3 is 0 Å². The molecular formula is C11H21N. The van der Waals surface area contributed by atoms with Crippen LogP contribution in [0.15, 0.2) is 11.6 Å². The summed E-state index contributed by atoms with van der Waals surface area (Å²) in [6, 6.07) is 0. The van der Waals surface area contributed by atoms with Crippen LogP contribution in [0.25, 0.3) is 0 Å². The molecule has 1 rings (SSSR count). The molecule has 0 aromatic rings. The van der Waals surface area contributed by atoms with Crippen molar-refractivity contribution in [3.63, 3.8) is 0 Å². The number of hydrogen-bond donors (Lipinski definition) is 1. The Morgan fingerprint density at radius 2 is 2.42 bits per heavy atom. The summed E-state index contributed by atoms with van der Waals surface area (Å²) in [6.45, 7) is 5.39. The topological polar surface area (TPSA) is 26.0 Å². The second kappa shape index (κ2) is 4.66. The van der Waals surface area contributed by atoms with E-state index in [9.17, 15) is 0 Å². The normalized spacial score (nSPS) is 26.6. The minimum atomic E-state index is 0.773. The van der Waals surface area contributed by atoms with Crippen LogP contribution in [0.5, 0.6) is 0 Å². The van der Waals surface area contributed by atoms with Crippen molar-refractivity contribution in [3.05, 3.63) is 11.6 Å². The first-order valence-corrected chi connectivity index (χ1v) is 5.18. The lowest BCUT2D eigenvalue weighted by Gasteiger charge is -2.28. The highest BCUT2D eigenvalue weighted by molar-refractivity contribution is 5.12. The van der Waals surface area contributed by atoms with Gasteiger partial charge in [0.2, 0.25) is 0 Å². The van der Waals surface area contributed by atoms with Gasteiger partial charge in [-0.3, -0.25) is 0 Å². The summed E-state index contributed by atoms with van der Waals surface area (Å²) in [7, 11) is 0. The van der Waals surface area contributed by atoms with Crippen LogP contribution in [0.1, 0.15) is 39.5 Å². The van der Waals surface area contributed by atoms with Crippen LogP contribution in [-0.4, -0.2) is 6.54 Å². The molecule has 1 aliphatic carbocycles. The van der Waals surface area contributed by atoms with E-state index in [4.69, 9.17) is 5.73 Å². The summed E-state index contributed by atoms with van der Waals surface area (Å²) in [4.78, 5) is 0. The molecule has 0 heterocycles. The van der Waals surface area contributed by atoms with Crippen LogP contribution in [0.4, 0.5) is 0 Å². The molecular weight excluding hydrogens is 146 g/mol. The molecule has 0 aromatic carbocycles. The SMILES string of the molecule is CCC(C)C1CCCC=C1CN. The molecule has 0 spiro atoms. The fraction of sp³-hybridized carbons (Fsp3) is 0.818. The molecule has 1 aliphatic rings. The number of allylic oxidation sites excluding steroid dienone is 1. The largest absolute Gasteiger partial charge is 0.327 e. The lowest BCUT2D eigenvalue weighted by molar-refractivity contribution is 0.352. The van der Waals surface area contributed by atoms with E-state index in [0.29, 0.717) is 0 Å². The third-order valence-electron chi connectivity index (χ3n) is 3.17. The fourth-order valence-electron chi connectivity index (χ4n) is 2.13. The molecule has 0 radical (unpaired) electrons. The first-order valence-electron chi connectivity index (χ1n) is 5.18. The quantitative estimate of drug-likeness (QED) is 0.643. The zero-order chi connectivity index (χ0) is 8.97. The Morgan fingerprint density at radius 3 is 3.00 bits per heavy atom. The van der Waals surface area contributed by atoms with Gasteiger partial charge in [-0.1, -0.05) is 31.9 Å². The van der Waals surface area contributed by atoms with Gasteiger partial charge in [0.25, 0.3) is 0 Å². The van der Waals surface area contributed by atoms with Crippen molar-refractivity contribution < 1.29 is 0 Å². The van der Waals surface area contributed by atoms with Crippen LogP contribution in [0.3, 0.4) is 0 Å². The van der Waals surface area contributed by atoms with Gasteiger partial charge in [-0.15, -0.1) is 0 Å². The van der Waals surface area contributed by atoms with Crippen LogP contribution in [0.2, 0.25) is 0 Å². The smallest absolute Gasteiger partial charge is 0.0139 e. The molecule has 0 amide bonds. The van der Waals surface area contributed by atoms with E-state index in [2.05, 4.69) is 19.9 Å². The van der Waals surface area contributed by atoms with Gasteiger partial charge in [-0.05, 0) is 31.1 Å². The Balaban J connectivity index is 2.61. The maximum atomic E-state index is 5.72. The van der Waals surface area contributed by atoms with Gasteiger partial charge in [0.15, 0.2) is 0 Å². The van der Waals surface area contributed by atoms with Crippen molar-refractivity contribution in [2.75, 3.05) is 6.54 Å². The Morgan fingerprint density at radius 1 is 1.67 bits per heavy atom. The van der Waals surface area contributed by atoms with Crippen LogP contribution < -0.4 is 5.73 Å². The molecule has 0 fully saturated rings. The molecule has 1 nitrogen and oxygen atoms in total. The molecule has 0 saturated carbocycles. The predicted molar refractivity (Wildman–Crippen MR) is 53.9 cm³/mol. The maximum Gasteiger partial charge on any atom is 0.0139 e. The van der Waals surface area contributed by atoms with Gasteiger partial charge in [-0.25, -0.2) is 0 Å². The molecule has 0 aliphatic heterocycles. The van der Waals surface area contributed by atoms with Gasteiger partial charge in [0, 0.05) is 6.54 Å². The van der Waals surface area contributed by atoms with E-state index in [1.165, 1.54) is 31.3 Å². The Bertz CT molecular complexity index is 160. The lowest BCUT2D eigenvalue weighted by Crippen LogP contribution is -2.21. The van der Waals surface area contributed by atoms with E-state index >= 15 is 0 Å². The predicted octanol–water partition coefficient (Wildman–Crippen LogP) is 2.72. The van der Waals surface area contributed by atoms with Crippen LogP contribution in [0, 0.1) is 11.8 Å². The summed E-state index contributed by atoms with van der Waals surface area (Å²) in [6.07, 6.45) is 7.61. The van der Waals surface area contributed by atoms with E-state index in [1.54, 1.807) is 0 Å². The van der Waals surface area contributed by atoms with E-state index in [-0.39, 0.29) is 0 Å². The highest BCUT2D eigenvalue weighted by Crippen LogP contribution is 2.31. The summed E-state index contributed by atoms with van der Waals surface area (Å²) >= 11 is 0. The Labute approximate surface area is 76.0 Å². The van der Waals surface area contributed by atoms with Gasteiger partial charge < -0.3 is 5.73 Å². The zero-order valence-electron chi connectivity index (χ0n) is 8.34.